The molecule has 0 amide bonds. The van der Waals surface area contributed by atoms with Crippen molar-refractivity contribution in [2.75, 3.05) is 0 Å². The molecule has 7 heteroatoms. The van der Waals surface area contributed by atoms with E-state index in [9.17, 15) is 0 Å². The third-order valence-electron chi connectivity index (χ3n) is 2.53. The highest BCUT2D eigenvalue weighted by Crippen LogP contribution is 2.01. The Labute approximate surface area is 129 Å². The van der Waals surface area contributed by atoms with E-state index >= 15 is 0 Å². The van der Waals surface area contributed by atoms with Crippen LogP contribution in [0.25, 0.3) is 0 Å². The van der Waals surface area contributed by atoms with Gasteiger partial charge < -0.3 is 15.5 Å². The van der Waals surface area contributed by atoms with Gasteiger partial charge in [-0.15, -0.1) is 12.4 Å². The zero-order chi connectivity index (χ0) is 14.2. The first-order chi connectivity index (χ1) is 9.74. The lowest BCUT2D eigenvalue weighted by Gasteiger charge is -2.11. The van der Waals surface area contributed by atoms with Gasteiger partial charge in [0.25, 0.3) is 0 Å². The third kappa shape index (κ3) is 6.01. The lowest BCUT2D eigenvalue weighted by molar-refractivity contribution is 0.512. The third-order valence-corrected chi connectivity index (χ3v) is 2.53. The quantitative estimate of drug-likeness (QED) is 0.511. The number of halogens is 1. The van der Waals surface area contributed by atoms with Crippen molar-refractivity contribution in [1.82, 2.24) is 10.6 Å². The average molecular weight is 308 g/mol. The van der Waals surface area contributed by atoms with Crippen LogP contribution in [0.5, 0.6) is 0 Å². The van der Waals surface area contributed by atoms with Gasteiger partial charge in [0.05, 0.1) is 6.26 Å². The van der Waals surface area contributed by atoms with Crippen LogP contribution in [0.3, 0.4) is 0 Å². The van der Waals surface area contributed by atoms with E-state index in [-0.39, 0.29) is 18.4 Å². The Balaban J connectivity index is 0.00000220. The SMILES string of the molecule is Cl.N=C(N)NC(=NCc1ccco1)NCc1ccccc1. The van der Waals surface area contributed by atoms with Crippen LogP contribution in [-0.2, 0) is 13.1 Å². The van der Waals surface area contributed by atoms with E-state index in [2.05, 4.69) is 15.6 Å². The number of nitrogens with one attached hydrogen (secondary N) is 3. The first-order valence-corrected chi connectivity index (χ1v) is 6.20. The smallest absolute Gasteiger partial charge is 0.198 e. The van der Waals surface area contributed by atoms with Gasteiger partial charge in [-0.3, -0.25) is 10.7 Å². The Morgan fingerprint density at radius 2 is 1.95 bits per heavy atom. The van der Waals surface area contributed by atoms with Crippen molar-refractivity contribution in [3.8, 4) is 0 Å². The number of nitrogens with two attached hydrogens (primary N) is 1. The maximum Gasteiger partial charge on any atom is 0.198 e. The van der Waals surface area contributed by atoms with Gasteiger partial charge in [-0.25, -0.2) is 4.99 Å². The number of furan rings is 1. The summed E-state index contributed by atoms with van der Waals surface area (Å²) in [6, 6.07) is 13.6. The summed E-state index contributed by atoms with van der Waals surface area (Å²) in [5.74, 6) is 1.02. The molecule has 0 saturated carbocycles. The molecule has 1 aromatic carbocycles. The summed E-state index contributed by atoms with van der Waals surface area (Å²) in [4.78, 5) is 4.30. The molecule has 2 aromatic rings. The number of benzene rings is 1. The van der Waals surface area contributed by atoms with Crippen LogP contribution in [-0.4, -0.2) is 11.9 Å². The van der Waals surface area contributed by atoms with Crippen molar-refractivity contribution in [2.45, 2.75) is 13.1 Å². The average Bonchev–Trinajstić information content (AvgIpc) is 2.96. The topological polar surface area (TPSA) is 99.4 Å². The molecule has 21 heavy (non-hydrogen) atoms. The number of aliphatic imine (C=N–C) groups is 1. The molecule has 0 fully saturated rings. The molecule has 5 N–H and O–H groups in total. The predicted molar refractivity (Wildman–Crippen MR) is 85.4 cm³/mol. The molecule has 0 unspecified atom stereocenters. The van der Waals surface area contributed by atoms with Crippen LogP contribution < -0.4 is 16.4 Å². The molecule has 0 saturated heterocycles. The molecule has 0 bridgehead atoms. The summed E-state index contributed by atoms with van der Waals surface area (Å²) in [6.07, 6.45) is 1.60. The number of rotatable bonds is 4. The summed E-state index contributed by atoms with van der Waals surface area (Å²) in [5.41, 5.74) is 6.45. The van der Waals surface area contributed by atoms with Gasteiger partial charge in [-0.2, -0.15) is 0 Å². The standard InChI is InChI=1S/C14H17N5O.ClH/c15-13(16)19-14(18-10-12-7-4-8-20-12)17-9-11-5-2-1-3-6-11;/h1-8H,9-10H2,(H5,15,16,17,18,19);1H. The summed E-state index contributed by atoms with van der Waals surface area (Å²) in [7, 11) is 0. The fourth-order valence-corrected chi connectivity index (χ4v) is 1.61. The zero-order valence-electron chi connectivity index (χ0n) is 11.4. The van der Waals surface area contributed by atoms with Crippen molar-refractivity contribution >= 4 is 24.3 Å². The van der Waals surface area contributed by atoms with Gasteiger partial charge in [0, 0.05) is 6.54 Å². The number of hydrogen-bond donors (Lipinski definition) is 4. The molecule has 0 aliphatic rings. The van der Waals surface area contributed by atoms with Crippen molar-refractivity contribution in [3.63, 3.8) is 0 Å². The number of nitrogens with zero attached hydrogens (tertiary/aromatic N) is 1. The van der Waals surface area contributed by atoms with Gasteiger partial charge in [0.1, 0.15) is 12.3 Å². The second kappa shape index (κ2) is 8.65. The lowest BCUT2D eigenvalue weighted by Crippen LogP contribution is -2.43. The molecular formula is C14H18ClN5O. The maximum absolute atomic E-state index is 7.28. The second-order valence-electron chi connectivity index (χ2n) is 4.12. The fraction of sp³-hybridized carbons (Fsp3) is 0.143. The minimum Gasteiger partial charge on any atom is -0.467 e. The minimum absolute atomic E-state index is 0. The van der Waals surface area contributed by atoms with Crippen LogP contribution in [0.2, 0.25) is 0 Å². The Hall–Kier alpha value is -2.47. The van der Waals surface area contributed by atoms with Crippen molar-refractivity contribution < 1.29 is 4.42 Å². The molecule has 1 heterocycles. The molecule has 112 valence electrons. The summed E-state index contributed by atoms with van der Waals surface area (Å²) < 4.78 is 5.20. The highest BCUT2D eigenvalue weighted by atomic mass is 35.5. The predicted octanol–water partition coefficient (Wildman–Crippen LogP) is 1.83. The van der Waals surface area contributed by atoms with Crippen LogP contribution in [0.15, 0.2) is 58.1 Å². The van der Waals surface area contributed by atoms with Crippen molar-refractivity contribution in [2.24, 2.45) is 10.7 Å². The highest BCUT2D eigenvalue weighted by molar-refractivity contribution is 5.96. The monoisotopic (exact) mass is 307 g/mol. The van der Waals surface area contributed by atoms with Crippen molar-refractivity contribution in [3.05, 3.63) is 60.1 Å². The summed E-state index contributed by atoms with van der Waals surface area (Å²) in [6.45, 7) is 0.975. The first-order valence-electron chi connectivity index (χ1n) is 6.20. The van der Waals surface area contributed by atoms with Gasteiger partial charge in [-0.1, -0.05) is 30.3 Å². The Bertz CT molecular complexity index is 568. The number of hydrogen-bond acceptors (Lipinski definition) is 3. The maximum atomic E-state index is 7.28. The van der Waals surface area contributed by atoms with E-state index in [1.54, 1.807) is 12.3 Å². The zero-order valence-corrected chi connectivity index (χ0v) is 12.2. The Morgan fingerprint density at radius 3 is 2.57 bits per heavy atom. The largest absolute Gasteiger partial charge is 0.467 e. The normalized spacial score (nSPS) is 10.6. The molecule has 0 spiro atoms. The Kier molecular flexibility index (Phi) is 6.83. The molecule has 0 atom stereocenters. The van der Waals surface area contributed by atoms with Gasteiger partial charge in [-0.05, 0) is 17.7 Å². The van der Waals surface area contributed by atoms with E-state index in [0.717, 1.165) is 11.3 Å². The van der Waals surface area contributed by atoms with Crippen LogP contribution in [0.1, 0.15) is 11.3 Å². The molecule has 0 aliphatic carbocycles. The molecule has 6 nitrogen and oxygen atoms in total. The summed E-state index contributed by atoms with van der Waals surface area (Å²) >= 11 is 0. The lowest BCUT2D eigenvalue weighted by atomic mass is 10.2. The van der Waals surface area contributed by atoms with E-state index in [1.165, 1.54) is 0 Å². The molecule has 0 aliphatic heterocycles. The van der Waals surface area contributed by atoms with E-state index < -0.39 is 0 Å². The van der Waals surface area contributed by atoms with E-state index in [1.807, 2.05) is 36.4 Å². The van der Waals surface area contributed by atoms with Crippen LogP contribution in [0.4, 0.5) is 0 Å². The van der Waals surface area contributed by atoms with E-state index in [0.29, 0.717) is 19.0 Å². The van der Waals surface area contributed by atoms with Crippen LogP contribution in [0, 0.1) is 5.41 Å². The van der Waals surface area contributed by atoms with Gasteiger partial charge >= 0.3 is 0 Å². The molecule has 1 aromatic heterocycles. The Morgan fingerprint density at radius 1 is 1.19 bits per heavy atom. The molecule has 2 rings (SSSR count). The second-order valence-corrected chi connectivity index (χ2v) is 4.12. The summed E-state index contributed by atoms with van der Waals surface area (Å²) in [5, 5.41) is 13.1. The van der Waals surface area contributed by atoms with Gasteiger partial charge in [0.2, 0.25) is 0 Å². The molecular weight excluding hydrogens is 290 g/mol. The highest BCUT2D eigenvalue weighted by Gasteiger charge is 2.01. The van der Waals surface area contributed by atoms with E-state index in [4.69, 9.17) is 15.6 Å². The fourth-order valence-electron chi connectivity index (χ4n) is 1.61. The first kappa shape index (κ1) is 16.6. The van der Waals surface area contributed by atoms with Crippen molar-refractivity contribution in [1.29, 1.82) is 5.41 Å². The number of guanidine groups is 2. The minimum atomic E-state index is -0.163. The molecule has 0 radical (unpaired) electrons. The van der Waals surface area contributed by atoms with Crippen LogP contribution >= 0.6 is 12.4 Å². The van der Waals surface area contributed by atoms with Gasteiger partial charge in [0.15, 0.2) is 11.9 Å².